The number of hydrogen-bond acceptors (Lipinski definition) is 5. The van der Waals surface area contributed by atoms with E-state index in [-0.39, 0.29) is 0 Å². The van der Waals surface area contributed by atoms with Crippen molar-refractivity contribution in [3.63, 3.8) is 0 Å². The van der Waals surface area contributed by atoms with E-state index in [2.05, 4.69) is 30.1 Å². The van der Waals surface area contributed by atoms with Gasteiger partial charge in [-0.2, -0.15) is 0 Å². The number of nitrogens with two attached hydrogens (primary N) is 1. The van der Waals surface area contributed by atoms with E-state index in [1.54, 1.807) is 0 Å². The molecular weight excluding hydrogens is 186 g/mol. The highest BCUT2D eigenvalue weighted by molar-refractivity contribution is 7.99. The summed E-state index contributed by atoms with van der Waals surface area (Å²) in [5.41, 5.74) is 6.61. The maximum atomic E-state index is 5.32. The lowest BCUT2D eigenvalue weighted by Crippen LogP contribution is -1.95. The van der Waals surface area contributed by atoms with Crippen LogP contribution in [-0.4, -0.2) is 16.0 Å². The van der Waals surface area contributed by atoms with Crippen LogP contribution in [-0.2, 0) is 6.54 Å². The largest absolute Gasteiger partial charge is 0.415 e. The fraction of sp³-hybridized carbons (Fsp3) is 0.500. The molecule has 1 aromatic heterocycles. The van der Waals surface area contributed by atoms with Crippen LogP contribution in [0.5, 0.6) is 0 Å². The third-order valence-corrected chi connectivity index (χ3v) is 2.07. The zero-order chi connectivity index (χ0) is 9.68. The fourth-order valence-corrected chi connectivity index (χ4v) is 1.47. The summed E-state index contributed by atoms with van der Waals surface area (Å²) >= 11 is 1.51. The number of hydrogen-bond donors (Lipinski definition) is 1. The van der Waals surface area contributed by atoms with E-state index in [4.69, 9.17) is 10.2 Å². The van der Waals surface area contributed by atoms with Gasteiger partial charge in [-0.3, -0.25) is 0 Å². The molecule has 5 heteroatoms. The van der Waals surface area contributed by atoms with Gasteiger partial charge in [0, 0.05) is 5.75 Å². The van der Waals surface area contributed by atoms with Gasteiger partial charge >= 0.3 is 0 Å². The third-order valence-electron chi connectivity index (χ3n) is 1.32. The van der Waals surface area contributed by atoms with Gasteiger partial charge in [-0.15, -0.1) is 10.2 Å². The number of nitrogens with zero attached hydrogens (tertiary/aromatic N) is 2. The average Bonchev–Trinajstić information content (AvgIpc) is 2.52. The van der Waals surface area contributed by atoms with Gasteiger partial charge in [0.05, 0.1) is 6.54 Å². The second-order valence-electron chi connectivity index (χ2n) is 2.76. The lowest BCUT2D eigenvalue weighted by Gasteiger charge is -1.90. The minimum atomic E-state index is 0.302. The standard InChI is InChI=1S/C8H13N3OS/c1-6(2)3-4-13-8-11-10-7(5-9)12-8/h3H,4-5,9H2,1-2H3. The Morgan fingerprint density at radius 3 is 2.85 bits per heavy atom. The highest BCUT2D eigenvalue weighted by Crippen LogP contribution is 2.16. The molecule has 0 saturated carbocycles. The van der Waals surface area contributed by atoms with Crippen LogP contribution < -0.4 is 5.73 Å². The minimum Gasteiger partial charge on any atom is -0.415 e. The number of thioether (sulfide) groups is 1. The van der Waals surface area contributed by atoms with Gasteiger partial charge in [0.1, 0.15) is 0 Å². The van der Waals surface area contributed by atoms with Crippen LogP contribution in [0.2, 0.25) is 0 Å². The van der Waals surface area contributed by atoms with Gasteiger partial charge in [0.2, 0.25) is 5.89 Å². The molecular formula is C8H13N3OS. The Morgan fingerprint density at radius 2 is 2.31 bits per heavy atom. The number of rotatable bonds is 4. The molecule has 0 amide bonds. The Bertz CT molecular complexity index is 291. The Kier molecular flexibility index (Phi) is 3.98. The fourth-order valence-electron chi connectivity index (χ4n) is 0.659. The third kappa shape index (κ3) is 3.61. The van der Waals surface area contributed by atoms with E-state index >= 15 is 0 Å². The predicted octanol–water partition coefficient (Wildman–Crippen LogP) is 1.59. The van der Waals surface area contributed by atoms with Crippen LogP contribution in [0.15, 0.2) is 21.3 Å². The van der Waals surface area contributed by atoms with Crippen LogP contribution in [0, 0.1) is 0 Å². The van der Waals surface area contributed by atoms with Crippen molar-refractivity contribution in [3.8, 4) is 0 Å². The molecule has 1 rings (SSSR count). The van der Waals surface area contributed by atoms with E-state index in [0.29, 0.717) is 17.7 Å². The summed E-state index contributed by atoms with van der Waals surface area (Å²) in [7, 11) is 0. The lowest BCUT2D eigenvalue weighted by molar-refractivity contribution is 0.415. The van der Waals surface area contributed by atoms with Gasteiger partial charge in [-0.25, -0.2) is 0 Å². The highest BCUT2D eigenvalue weighted by atomic mass is 32.2. The second kappa shape index (κ2) is 5.04. The summed E-state index contributed by atoms with van der Waals surface area (Å²) in [6, 6.07) is 0. The molecule has 13 heavy (non-hydrogen) atoms. The van der Waals surface area contributed by atoms with Gasteiger partial charge < -0.3 is 10.2 Å². The molecule has 0 fully saturated rings. The van der Waals surface area contributed by atoms with Crippen molar-refractivity contribution in [2.24, 2.45) is 5.73 Å². The first-order chi connectivity index (χ1) is 6.22. The Morgan fingerprint density at radius 1 is 1.54 bits per heavy atom. The van der Waals surface area contributed by atoms with Crippen molar-refractivity contribution in [2.45, 2.75) is 25.6 Å². The van der Waals surface area contributed by atoms with E-state index in [9.17, 15) is 0 Å². The Balaban J connectivity index is 2.41. The molecule has 0 saturated heterocycles. The quantitative estimate of drug-likeness (QED) is 0.589. The van der Waals surface area contributed by atoms with Crippen LogP contribution in [0.1, 0.15) is 19.7 Å². The summed E-state index contributed by atoms with van der Waals surface area (Å²) in [5, 5.41) is 8.15. The second-order valence-corrected chi connectivity index (χ2v) is 3.73. The molecule has 72 valence electrons. The number of aromatic nitrogens is 2. The molecule has 0 atom stereocenters. The van der Waals surface area contributed by atoms with E-state index in [0.717, 1.165) is 5.75 Å². The predicted molar refractivity (Wildman–Crippen MR) is 52.3 cm³/mol. The molecule has 1 heterocycles. The van der Waals surface area contributed by atoms with Crippen molar-refractivity contribution in [1.82, 2.24) is 10.2 Å². The molecule has 2 N–H and O–H groups in total. The molecule has 1 aromatic rings. The van der Waals surface area contributed by atoms with Crippen LogP contribution in [0.3, 0.4) is 0 Å². The van der Waals surface area contributed by atoms with Crippen molar-refractivity contribution < 1.29 is 4.42 Å². The molecule has 0 aromatic carbocycles. The monoisotopic (exact) mass is 199 g/mol. The van der Waals surface area contributed by atoms with E-state index in [1.807, 2.05) is 0 Å². The van der Waals surface area contributed by atoms with Gasteiger partial charge in [0.15, 0.2) is 0 Å². The average molecular weight is 199 g/mol. The summed E-state index contributed by atoms with van der Waals surface area (Å²) < 4.78 is 5.20. The first kappa shape index (κ1) is 10.3. The zero-order valence-electron chi connectivity index (χ0n) is 7.78. The first-order valence-electron chi connectivity index (χ1n) is 4.01. The zero-order valence-corrected chi connectivity index (χ0v) is 8.60. The van der Waals surface area contributed by atoms with Crippen LogP contribution >= 0.6 is 11.8 Å². The smallest absolute Gasteiger partial charge is 0.276 e. The van der Waals surface area contributed by atoms with E-state index < -0.39 is 0 Å². The maximum Gasteiger partial charge on any atom is 0.276 e. The van der Waals surface area contributed by atoms with Crippen LogP contribution in [0.25, 0.3) is 0 Å². The molecule has 0 unspecified atom stereocenters. The summed E-state index contributed by atoms with van der Waals surface area (Å²) in [4.78, 5) is 0. The molecule has 4 nitrogen and oxygen atoms in total. The Hall–Kier alpha value is -0.810. The number of allylic oxidation sites excluding steroid dienone is 1. The SMILES string of the molecule is CC(C)=CCSc1nnc(CN)o1. The van der Waals surface area contributed by atoms with Crippen molar-refractivity contribution in [3.05, 3.63) is 17.5 Å². The maximum absolute atomic E-state index is 5.32. The summed E-state index contributed by atoms with van der Waals surface area (Å²) in [6.07, 6.45) is 2.11. The molecule has 0 aliphatic rings. The van der Waals surface area contributed by atoms with E-state index in [1.165, 1.54) is 17.3 Å². The minimum absolute atomic E-state index is 0.302. The van der Waals surface area contributed by atoms with Gasteiger partial charge in [0.25, 0.3) is 5.22 Å². The lowest BCUT2D eigenvalue weighted by atomic mass is 10.3. The van der Waals surface area contributed by atoms with Gasteiger partial charge in [-0.1, -0.05) is 23.4 Å². The normalized spacial score (nSPS) is 10.1. The molecule has 0 spiro atoms. The topological polar surface area (TPSA) is 64.9 Å². The molecule has 0 radical (unpaired) electrons. The van der Waals surface area contributed by atoms with Crippen molar-refractivity contribution in [2.75, 3.05) is 5.75 Å². The Labute approximate surface area is 81.6 Å². The van der Waals surface area contributed by atoms with Gasteiger partial charge in [-0.05, 0) is 13.8 Å². The first-order valence-corrected chi connectivity index (χ1v) is 4.99. The molecule has 0 aliphatic heterocycles. The van der Waals surface area contributed by atoms with Crippen LogP contribution in [0.4, 0.5) is 0 Å². The molecule has 0 bridgehead atoms. The summed E-state index contributed by atoms with van der Waals surface area (Å²) in [6.45, 7) is 4.41. The highest BCUT2D eigenvalue weighted by Gasteiger charge is 2.02. The van der Waals surface area contributed by atoms with Crippen molar-refractivity contribution >= 4 is 11.8 Å². The summed E-state index contributed by atoms with van der Waals surface area (Å²) in [5.74, 6) is 1.34. The molecule has 0 aliphatic carbocycles. The van der Waals surface area contributed by atoms with Crippen molar-refractivity contribution in [1.29, 1.82) is 0 Å².